The van der Waals surface area contributed by atoms with E-state index in [-0.39, 0.29) is 5.75 Å². The summed E-state index contributed by atoms with van der Waals surface area (Å²) < 4.78 is 25.1. The van der Waals surface area contributed by atoms with Gasteiger partial charge in [-0.2, -0.15) is 0 Å². The molecule has 6 heteroatoms. The molecule has 1 aliphatic rings. The third-order valence-electron chi connectivity index (χ3n) is 2.71. The van der Waals surface area contributed by atoms with Crippen LogP contribution in [0.15, 0.2) is 0 Å². The summed E-state index contributed by atoms with van der Waals surface area (Å²) in [7, 11) is 2.45. The van der Waals surface area contributed by atoms with Crippen LogP contribution in [0.4, 0.5) is 0 Å². The summed E-state index contributed by atoms with van der Waals surface area (Å²) in [5.41, 5.74) is 0. The Kier molecular flexibility index (Phi) is 5.17. The fourth-order valence-electron chi connectivity index (χ4n) is 1.32. The molecule has 0 aliphatic heterocycles. The molecule has 0 aromatic carbocycles. The zero-order valence-electron chi connectivity index (χ0n) is 10.4. The van der Waals surface area contributed by atoms with Crippen molar-refractivity contribution < 1.29 is 8.42 Å². The Morgan fingerprint density at radius 2 is 1.81 bits per heavy atom. The van der Waals surface area contributed by atoms with Gasteiger partial charge in [0.1, 0.15) is 0 Å². The molecule has 0 aromatic rings. The summed E-state index contributed by atoms with van der Waals surface area (Å²) in [6.07, 6.45) is 2.38. The van der Waals surface area contributed by atoms with Crippen molar-refractivity contribution in [3.8, 4) is 0 Å². The number of hydrogen-bond donors (Lipinski definition) is 1. The SMILES string of the molecule is CN(C)CCN(C)S(=O)(=O)CCNC1CC1. The summed E-state index contributed by atoms with van der Waals surface area (Å²) >= 11 is 0. The van der Waals surface area contributed by atoms with Crippen LogP contribution in [-0.2, 0) is 10.0 Å². The molecule has 1 aliphatic carbocycles. The van der Waals surface area contributed by atoms with Gasteiger partial charge in [0, 0.05) is 32.7 Å². The van der Waals surface area contributed by atoms with Crippen molar-refractivity contribution in [1.29, 1.82) is 0 Å². The van der Waals surface area contributed by atoms with Crippen LogP contribution in [0.25, 0.3) is 0 Å². The highest BCUT2D eigenvalue weighted by molar-refractivity contribution is 7.89. The maximum Gasteiger partial charge on any atom is 0.215 e. The van der Waals surface area contributed by atoms with Crippen LogP contribution in [-0.4, -0.2) is 70.2 Å². The van der Waals surface area contributed by atoms with Crippen molar-refractivity contribution >= 4 is 10.0 Å². The van der Waals surface area contributed by atoms with Crippen LogP contribution in [0.5, 0.6) is 0 Å². The van der Waals surface area contributed by atoms with E-state index >= 15 is 0 Å². The zero-order valence-corrected chi connectivity index (χ0v) is 11.3. The van der Waals surface area contributed by atoms with Crippen molar-refractivity contribution in [3.05, 3.63) is 0 Å². The second-order valence-electron chi connectivity index (χ2n) is 4.67. The molecule has 96 valence electrons. The van der Waals surface area contributed by atoms with Gasteiger partial charge in [-0.25, -0.2) is 12.7 Å². The normalized spacial score (nSPS) is 17.3. The first-order valence-corrected chi connectivity index (χ1v) is 7.35. The molecule has 0 bridgehead atoms. The van der Waals surface area contributed by atoms with Crippen LogP contribution in [0, 0.1) is 0 Å². The maximum absolute atomic E-state index is 11.8. The fourth-order valence-corrected chi connectivity index (χ4v) is 2.36. The molecular formula is C10H23N3O2S. The molecule has 0 unspecified atom stereocenters. The van der Waals surface area contributed by atoms with E-state index in [1.165, 1.54) is 17.1 Å². The minimum atomic E-state index is -3.08. The maximum atomic E-state index is 11.8. The number of nitrogens with one attached hydrogen (secondary N) is 1. The average Bonchev–Trinajstić information content (AvgIpc) is 2.97. The quantitative estimate of drug-likeness (QED) is 0.634. The average molecular weight is 249 g/mol. The summed E-state index contributed by atoms with van der Waals surface area (Å²) in [5.74, 6) is 0.202. The summed E-state index contributed by atoms with van der Waals surface area (Å²) in [6, 6.07) is 0.572. The Hall–Kier alpha value is -0.170. The van der Waals surface area contributed by atoms with E-state index in [0.29, 0.717) is 19.1 Å². The van der Waals surface area contributed by atoms with E-state index in [4.69, 9.17) is 0 Å². The first-order chi connectivity index (χ1) is 7.42. The number of likely N-dealkylation sites (N-methyl/N-ethyl adjacent to an activating group) is 2. The van der Waals surface area contributed by atoms with Gasteiger partial charge in [-0.05, 0) is 26.9 Å². The first kappa shape index (κ1) is 13.9. The topological polar surface area (TPSA) is 52.7 Å². The van der Waals surface area contributed by atoms with E-state index < -0.39 is 10.0 Å². The molecule has 0 saturated heterocycles. The summed E-state index contributed by atoms with van der Waals surface area (Å²) in [6.45, 7) is 1.88. The predicted octanol–water partition coefficient (Wildman–Crippen LogP) is -0.438. The number of hydrogen-bond acceptors (Lipinski definition) is 4. The lowest BCUT2D eigenvalue weighted by Gasteiger charge is -2.19. The van der Waals surface area contributed by atoms with Gasteiger partial charge >= 0.3 is 0 Å². The molecule has 1 rings (SSSR count). The van der Waals surface area contributed by atoms with E-state index in [2.05, 4.69) is 5.32 Å². The third kappa shape index (κ3) is 5.25. The minimum Gasteiger partial charge on any atom is -0.313 e. The van der Waals surface area contributed by atoms with Gasteiger partial charge < -0.3 is 10.2 Å². The van der Waals surface area contributed by atoms with Crippen molar-refractivity contribution in [1.82, 2.24) is 14.5 Å². The summed E-state index contributed by atoms with van der Waals surface area (Å²) in [5, 5.41) is 3.22. The highest BCUT2D eigenvalue weighted by atomic mass is 32.2. The Morgan fingerprint density at radius 1 is 1.19 bits per heavy atom. The molecule has 1 saturated carbocycles. The number of sulfonamides is 1. The lowest BCUT2D eigenvalue weighted by Crippen LogP contribution is -2.37. The van der Waals surface area contributed by atoms with Gasteiger partial charge in [0.15, 0.2) is 0 Å². The predicted molar refractivity (Wildman–Crippen MR) is 66.0 cm³/mol. The van der Waals surface area contributed by atoms with E-state index in [0.717, 1.165) is 6.54 Å². The summed E-state index contributed by atoms with van der Waals surface area (Å²) in [4.78, 5) is 1.98. The first-order valence-electron chi connectivity index (χ1n) is 5.74. The van der Waals surface area contributed by atoms with Gasteiger partial charge in [-0.3, -0.25) is 0 Å². The fraction of sp³-hybridized carbons (Fsp3) is 1.00. The zero-order chi connectivity index (χ0) is 12.2. The monoisotopic (exact) mass is 249 g/mol. The van der Waals surface area contributed by atoms with Crippen molar-refractivity contribution in [2.75, 3.05) is 46.5 Å². The highest BCUT2D eigenvalue weighted by Gasteiger charge is 2.22. The van der Waals surface area contributed by atoms with Gasteiger partial charge in [0.05, 0.1) is 5.75 Å². The lowest BCUT2D eigenvalue weighted by atomic mass is 10.6. The van der Waals surface area contributed by atoms with Crippen LogP contribution in [0.2, 0.25) is 0 Å². The molecule has 1 N–H and O–H groups in total. The molecule has 0 heterocycles. The Morgan fingerprint density at radius 3 is 2.31 bits per heavy atom. The molecule has 0 radical (unpaired) electrons. The third-order valence-corrected chi connectivity index (χ3v) is 4.56. The van der Waals surface area contributed by atoms with E-state index in [1.807, 2.05) is 19.0 Å². The van der Waals surface area contributed by atoms with E-state index in [1.54, 1.807) is 7.05 Å². The smallest absolute Gasteiger partial charge is 0.215 e. The molecule has 16 heavy (non-hydrogen) atoms. The van der Waals surface area contributed by atoms with Gasteiger partial charge in [-0.15, -0.1) is 0 Å². The molecule has 0 spiro atoms. The number of rotatable bonds is 8. The van der Waals surface area contributed by atoms with Gasteiger partial charge in [0.2, 0.25) is 10.0 Å². The Bertz CT molecular complexity index is 299. The molecule has 0 aromatic heterocycles. The minimum absolute atomic E-state index is 0.202. The van der Waals surface area contributed by atoms with Gasteiger partial charge in [-0.1, -0.05) is 0 Å². The lowest BCUT2D eigenvalue weighted by molar-refractivity contribution is 0.358. The molecular weight excluding hydrogens is 226 g/mol. The molecule has 0 amide bonds. The number of nitrogens with zero attached hydrogens (tertiary/aromatic N) is 2. The second-order valence-corrected chi connectivity index (χ2v) is 6.86. The van der Waals surface area contributed by atoms with Crippen LogP contribution in [0.1, 0.15) is 12.8 Å². The standard InChI is InChI=1S/C10H23N3O2S/c1-12(2)7-8-13(3)16(14,15)9-6-11-10-4-5-10/h10-11H,4-9H2,1-3H3. The molecule has 5 nitrogen and oxygen atoms in total. The van der Waals surface area contributed by atoms with E-state index in [9.17, 15) is 8.42 Å². The van der Waals surface area contributed by atoms with Crippen LogP contribution in [0.3, 0.4) is 0 Å². The van der Waals surface area contributed by atoms with Gasteiger partial charge in [0.25, 0.3) is 0 Å². The molecule has 0 atom stereocenters. The Labute approximate surface area is 98.8 Å². The van der Waals surface area contributed by atoms with Crippen molar-refractivity contribution in [2.24, 2.45) is 0 Å². The largest absolute Gasteiger partial charge is 0.313 e. The molecule has 1 fully saturated rings. The second kappa shape index (κ2) is 5.95. The van der Waals surface area contributed by atoms with Crippen LogP contribution < -0.4 is 5.32 Å². The Balaban J connectivity index is 2.23. The van der Waals surface area contributed by atoms with Crippen LogP contribution >= 0.6 is 0 Å². The highest BCUT2D eigenvalue weighted by Crippen LogP contribution is 2.18. The van der Waals surface area contributed by atoms with Crippen molar-refractivity contribution in [2.45, 2.75) is 18.9 Å². The van der Waals surface area contributed by atoms with Crippen molar-refractivity contribution in [3.63, 3.8) is 0 Å².